The Kier molecular flexibility index (Phi) is 6.47. The van der Waals surface area contributed by atoms with Crippen LogP contribution in [0.25, 0.3) is 0 Å². The van der Waals surface area contributed by atoms with Crippen molar-refractivity contribution in [2.45, 2.75) is 45.7 Å². The number of amides is 2. The second-order valence-corrected chi connectivity index (χ2v) is 7.68. The third-order valence-corrected chi connectivity index (χ3v) is 5.18. The second-order valence-electron chi connectivity index (χ2n) is 7.24. The fourth-order valence-corrected chi connectivity index (χ4v) is 3.00. The lowest BCUT2D eigenvalue weighted by atomic mass is 10.0. The summed E-state index contributed by atoms with van der Waals surface area (Å²) in [6.07, 6.45) is 0.882. The van der Waals surface area contributed by atoms with Crippen LogP contribution in [0.5, 0.6) is 0 Å². The molecule has 1 N–H and O–H groups in total. The summed E-state index contributed by atoms with van der Waals surface area (Å²) in [6, 6.07) is 6.82. The van der Waals surface area contributed by atoms with E-state index in [1.54, 1.807) is 24.3 Å². The van der Waals surface area contributed by atoms with E-state index >= 15 is 0 Å². The molecular formula is C19H28ClN3O2. The average molecular weight is 366 g/mol. The van der Waals surface area contributed by atoms with E-state index in [2.05, 4.69) is 17.1 Å². The van der Waals surface area contributed by atoms with E-state index in [1.807, 2.05) is 25.7 Å². The Morgan fingerprint density at radius 1 is 1.24 bits per heavy atom. The molecular weight excluding hydrogens is 338 g/mol. The summed E-state index contributed by atoms with van der Waals surface area (Å²) in [5.41, 5.74) is 0.409. The first-order chi connectivity index (χ1) is 11.7. The van der Waals surface area contributed by atoms with Crippen molar-refractivity contribution in [1.82, 2.24) is 15.1 Å². The van der Waals surface area contributed by atoms with Crippen LogP contribution in [0, 0.1) is 0 Å². The van der Waals surface area contributed by atoms with Crippen LogP contribution >= 0.6 is 11.6 Å². The highest BCUT2D eigenvalue weighted by Gasteiger charge is 2.30. The largest absolute Gasteiger partial charge is 0.350 e. The molecule has 2 amide bonds. The molecule has 1 saturated heterocycles. The molecule has 25 heavy (non-hydrogen) atoms. The topological polar surface area (TPSA) is 52.7 Å². The molecule has 6 heteroatoms. The molecule has 1 aromatic rings. The van der Waals surface area contributed by atoms with Crippen molar-refractivity contribution in [3.63, 3.8) is 0 Å². The zero-order chi connectivity index (χ0) is 18.6. The Bertz CT molecular complexity index is 625. The molecule has 0 radical (unpaired) electrons. The molecule has 0 aromatic heterocycles. The molecule has 0 bridgehead atoms. The number of nitrogens with zero attached hydrogens (tertiary/aromatic N) is 2. The maximum absolute atomic E-state index is 12.6. The molecule has 1 unspecified atom stereocenters. The van der Waals surface area contributed by atoms with E-state index in [-0.39, 0.29) is 23.4 Å². The Balaban J connectivity index is 1.90. The zero-order valence-electron chi connectivity index (χ0n) is 15.5. The summed E-state index contributed by atoms with van der Waals surface area (Å²) in [6.45, 7) is 10.6. The minimum absolute atomic E-state index is 0.00799. The molecule has 5 nitrogen and oxygen atoms in total. The van der Waals surface area contributed by atoms with Crippen LogP contribution in [-0.4, -0.2) is 59.4 Å². The maximum atomic E-state index is 12.6. The fourth-order valence-electron chi connectivity index (χ4n) is 2.81. The molecule has 138 valence electrons. The number of halogens is 1. The number of carbonyl (C=O) groups is 2. The Hall–Kier alpha value is -1.59. The summed E-state index contributed by atoms with van der Waals surface area (Å²) in [5.74, 6) is 0.0350. The number of carbonyl (C=O) groups excluding carboxylic acids is 2. The highest BCUT2D eigenvalue weighted by molar-refractivity contribution is 6.30. The number of benzene rings is 1. The Labute approximate surface area is 155 Å². The molecule has 1 fully saturated rings. The lowest BCUT2D eigenvalue weighted by Gasteiger charge is -2.38. The van der Waals surface area contributed by atoms with Crippen molar-refractivity contribution < 1.29 is 9.59 Å². The maximum Gasteiger partial charge on any atom is 0.253 e. The average Bonchev–Trinajstić information content (AvgIpc) is 2.60. The van der Waals surface area contributed by atoms with Crippen molar-refractivity contribution in [2.24, 2.45) is 0 Å². The van der Waals surface area contributed by atoms with Crippen LogP contribution in [0.2, 0.25) is 5.02 Å². The number of hydrogen-bond acceptors (Lipinski definition) is 3. The molecule has 1 aliphatic heterocycles. The van der Waals surface area contributed by atoms with Gasteiger partial charge in [0.15, 0.2) is 0 Å². The first-order valence-electron chi connectivity index (χ1n) is 8.84. The van der Waals surface area contributed by atoms with Crippen molar-refractivity contribution in [1.29, 1.82) is 0 Å². The minimum Gasteiger partial charge on any atom is -0.350 e. The van der Waals surface area contributed by atoms with Gasteiger partial charge in [-0.2, -0.15) is 0 Å². The number of nitrogens with one attached hydrogen (secondary N) is 1. The van der Waals surface area contributed by atoms with Crippen molar-refractivity contribution in [3.05, 3.63) is 34.9 Å². The highest BCUT2D eigenvalue weighted by Crippen LogP contribution is 2.15. The second kappa shape index (κ2) is 8.19. The molecule has 1 aliphatic rings. The zero-order valence-corrected chi connectivity index (χ0v) is 16.3. The standard InChI is InChI=1S/C19H28ClN3O2/c1-5-19(3,4)21-17(24)14(2)22-9-11-23(12-10-22)18(25)15-7-6-8-16(20)13-15/h6-8,13-14H,5,9-12H2,1-4H3,(H,21,24). The number of rotatable bonds is 5. The van der Waals surface area contributed by atoms with E-state index in [0.29, 0.717) is 36.8 Å². The SMILES string of the molecule is CCC(C)(C)NC(=O)C(C)N1CCN(C(=O)c2cccc(Cl)c2)CC1. The van der Waals surface area contributed by atoms with Crippen LogP contribution in [0.15, 0.2) is 24.3 Å². The van der Waals surface area contributed by atoms with E-state index in [1.165, 1.54) is 0 Å². The summed E-state index contributed by atoms with van der Waals surface area (Å²) < 4.78 is 0. The van der Waals surface area contributed by atoms with Gasteiger partial charge in [0.05, 0.1) is 6.04 Å². The van der Waals surface area contributed by atoms with Gasteiger partial charge in [0, 0.05) is 42.3 Å². The van der Waals surface area contributed by atoms with Crippen LogP contribution in [0.1, 0.15) is 44.5 Å². The van der Waals surface area contributed by atoms with Gasteiger partial charge in [0.25, 0.3) is 5.91 Å². The summed E-state index contributed by atoms with van der Waals surface area (Å²) >= 11 is 5.97. The third-order valence-electron chi connectivity index (χ3n) is 4.95. The normalized spacial score (nSPS) is 17.2. The van der Waals surface area contributed by atoms with Crippen molar-refractivity contribution in [3.8, 4) is 0 Å². The Morgan fingerprint density at radius 3 is 2.44 bits per heavy atom. The summed E-state index contributed by atoms with van der Waals surface area (Å²) in [7, 11) is 0. The molecule has 0 aliphatic carbocycles. The van der Waals surface area contributed by atoms with Crippen molar-refractivity contribution in [2.75, 3.05) is 26.2 Å². The van der Waals surface area contributed by atoms with Crippen molar-refractivity contribution >= 4 is 23.4 Å². The van der Waals surface area contributed by atoms with Crippen LogP contribution in [0.3, 0.4) is 0 Å². The van der Waals surface area contributed by atoms with Gasteiger partial charge in [-0.1, -0.05) is 24.6 Å². The van der Waals surface area contributed by atoms with E-state index in [9.17, 15) is 9.59 Å². The van der Waals surface area contributed by atoms with Crippen LogP contribution < -0.4 is 5.32 Å². The van der Waals surface area contributed by atoms with Crippen LogP contribution in [0.4, 0.5) is 0 Å². The van der Waals surface area contributed by atoms with Gasteiger partial charge in [0.1, 0.15) is 0 Å². The lowest BCUT2D eigenvalue weighted by Crippen LogP contribution is -2.57. The van der Waals surface area contributed by atoms with Gasteiger partial charge in [-0.15, -0.1) is 0 Å². The first-order valence-corrected chi connectivity index (χ1v) is 9.22. The third kappa shape index (κ3) is 5.19. The molecule has 0 saturated carbocycles. The number of piperazine rings is 1. The van der Waals surface area contributed by atoms with Gasteiger partial charge in [-0.05, 0) is 45.4 Å². The molecule has 2 rings (SSSR count). The van der Waals surface area contributed by atoms with Gasteiger partial charge in [0.2, 0.25) is 5.91 Å². The lowest BCUT2D eigenvalue weighted by molar-refractivity contribution is -0.128. The summed E-state index contributed by atoms with van der Waals surface area (Å²) in [5, 5.41) is 3.66. The quantitative estimate of drug-likeness (QED) is 0.872. The molecule has 1 aromatic carbocycles. The monoisotopic (exact) mass is 365 g/mol. The van der Waals surface area contributed by atoms with E-state index in [0.717, 1.165) is 6.42 Å². The van der Waals surface area contributed by atoms with E-state index < -0.39 is 0 Å². The Morgan fingerprint density at radius 2 is 1.88 bits per heavy atom. The smallest absolute Gasteiger partial charge is 0.253 e. The first kappa shape index (κ1) is 19.7. The van der Waals surface area contributed by atoms with E-state index in [4.69, 9.17) is 11.6 Å². The van der Waals surface area contributed by atoms with Gasteiger partial charge in [-0.25, -0.2) is 0 Å². The summed E-state index contributed by atoms with van der Waals surface area (Å²) in [4.78, 5) is 29.0. The van der Waals surface area contributed by atoms with Gasteiger partial charge in [-0.3, -0.25) is 14.5 Å². The van der Waals surface area contributed by atoms with Crippen LogP contribution in [-0.2, 0) is 4.79 Å². The molecule has 1 heterocycles. The number of hydrogen-bond donors (Lipinski definition) is 1. The van der Waals surface area contributed by atoms with Gasteiger partial charge >= 0.3 is 0 Å². The fraction of sp³-hybridized carbons (Fsp3) is 0.579. The highest BCUT2D eigenvalue weighted by atomic mass is 35.5. The molecule has 1 atom stereocenters. The predicted octanol–water partition coefficient (Wildman–Crippen LogP) is 2.79. The van der Waals surface area contributed by atoms with Gasteiger partial charge < -0.3 is 10.2 Å². The predicted molar refractivity (Wildman–Crippen MR) is 101 cm³/mol. The molecule has 0 spiro atoms. The minimum atomic E-state index is -0.200.